The summed E-state index contributed by atoms with van der Waals surface area (Å²) >= 11 is 0. The highest BCUT2D eigenvalue weighted by Gasteiger charge is 2.27. The van der Waals surface area contributed by atoms with E-state index in [0.717, 1.165) is 32.8 Å². The van der Waals surface area contributed by atoms with Gasteiger partial charge in [0.2, 0.25) is 5.91 Å². The fraction of sp³-hybridized carbons (Fsp3) is 0.107. The summed E-state index contributed by atoms with van der Waals surface area (Å²) in [5, 5.41) is 4.62. The average molecular weight is 519 g/mol. The van der Waals surface area contributed by atoms with Crippen molar-refractivity contribution in [1.82, 2.24) is 0 Å². The van der Waals surface area contributed by atoms with Crippen molar-refractivity contribution in [2.24, 2.45) is 0 Å². The van der Waals surface area contributed by atoms with Gasteiger partial charge in [0, 0.05) is 22.5 Å². The van der Waals surface area contributed by atoms with Gasteiger partial charge in [-0.25, -0.2) is 12.8 Å². The number of benzene rings is 4. The first-order chi connectivity index (χ1) is 17.8. The molecule has 0 aliphatic carbocycles. The second-order valence-corrected chi connectivity index (χ2v) is 10.1. The molecule has 0 radical (unpaired) electrons. The molecule has 0 aliphatic rings. The van der Waals surface area contributed by atoms with Crippen molar-refractivity contribution in [2.75, 3.05) is 22.8 Å². The summed E-state index contributed by atoms with van der Waals surface area (Å²) in [5.74, 6) is -0.561. The molecule has 1 heterocycles. The third-order valence-corrected chi connectivity index (χ3v) is 7.58. The van der Waals surface area contributed by atoms with Gasteiger partial charge in [0.25, 0.3) is 10.0 Å². The highest BCUT2D eigenvalue weighted by molar-refractivity contribution is 7.92. The van der Waals surface area contributed by atoms with Crippen LogP contribution in [0.5, 0.6) is 5.75 Å². The maximum absolute atomic E-state index is 13.5. The number of para-hydroxylation sites is 1. The average Bonchev–Trinajstić information content (AvgIpc) is 3.26. The number of amides is 1. The van der Waals surface area contributed by atoms with E-state index in [2.05, 4.69) is 5.32 Å². The smallest absolute Gasteiger partial charge is 0.264 e. The van der Waals surface area contributed by atoms with Crippen LogP contribution in [0.1, 0.15) is 6.92 Å². The zero-order valence-corrected chi connectivity index (χ0v) is 20.7. The molecule has 0 spiro atoms. The Morgan fingerprint density at radius 1 is 0.919 bits per heavy atom. The van der Waals surface area contributed by atoms with Crippen LogP contribution in [0.4, 0.5) is 15.8 Å². The Hall–Kier alpha value is -4.37. The van der Waals surface area contributed by atoms with Crippen LogP contribution in [0.3, 0.4) is 0 Å². The second-order valence-electron chi connectivity index (χ2n) is 8.25. The molecular weight excluding hydrogens is 495 g/mol. The minimum absolute atomic E-state index is 0.140. The molecule has 37 heavy (non-hydrogen) atoms. The van der Waals surface area contributed by atoms with Crippen molar-refractivity contribution in [3.63, 3.8) is 0 Å². The van der Waals surface area contributed by atoms with Crippen LogP contribution in [0.25, 0.3) is 21.9 Å². The zero-order chi connectivity index (χ0) is 26.0. The van der Waals surface area contributed by atoms with Crippen molar-refractivity contribution in [1.29, 1.82) is 0 Å². The number of hydrogen-bond donors (Lipinski definition) is 1. The number of fused-ring (bicyclic) bond motifs is 3. The highest BCUT2D eigenvalue weighted by atomic mass is 32.2. The topological polar surface area (TPSA) is 88.8 Å². The maximum atomic E-state index is 13.5. The number of rotatable bonds is 8. The summed E-state index contributed by atoms with van der Waals surface area (Å²) in [6.07, 6.45) is 0. The van der Waals surface area contributed by atoms with Gasteiger partial charge < -0.3 is 14.5 Å². The fourth-order valence-corrected chi connectivity index (χ4v) is 5.48. The summed E-state index contributed by atoms with van der Waals surface area (Å²) in [6, 6.07) is 23.7. The van der Waals surface area contributed by atoms with Gasteiger partial charge in [-0.3, -0.25) is 9.10 Å². The lowest BCUT2D eigenvalue weighted by Gasteiger charge is -2.24. The Balaban J connectivity index is 1.44. The Labute approximate surface area is 213 Å². The van der Waals surface area contributed by atoms with Crippen LogP contribution < -0.4 is 14.4 Å². The largest absolute Gasteiger partial charge is 0.494 e. The summed E-state index contributed by atoms with van der Waals surface area (Å²) in [5.41, 5.74) is 2.05. The number of halogens is 1. The first-order valence-electron chi connectivity index (χ1n) is 11.6. The molecule has 0 bridgehead atoms. The zero-order valence-electron chi connectivity index (χ0n) is 19.8. The van der Waals surface area contributed by atoms with Gasteiger partial charge in [-0.1, -0.05) is 18.2 Å². The summed E-state index contributed by atoms with van der Waals surface area (Å²) in [6.45, 7) is 1.78. The number of nitrogens with one attached hydrogen (secondary N) is 1. The van der Waals surface area contributed by atoms with Crippen LogP contribution in [0.15, 0.2) is 100 Å². The molecule has 7 nitrogen and oxygen atoms in total. The molecule has 0 fully saturated rings. The first-order valence-corrected chi connectivity index (χ1v) is 13.0. The molecule has 0 saturated heterocycles. The normalized spacial score (nSPS) is 11.5. The van der Waals surface area contributed by atoms with E-state index < -0.39 is 28.3 Å². The van der Waals surface area contributed by atoms with E-state index in [4.69, 9.17) is 9.15 Å². The van der Waals surface area contributed by atoms with Gasteiger partial charge in [0.1, 0.15) is 29.3 Å². The highest BCUT2D eigenvalue weighted by Crippen LogP contribution is 2.31. The quantitative estimate of drug-likeness (QED) is 0.274. The third-order valence-electron chi connectivity index (χ3n) is 5.79. The number of ether oxygens (including phenoxy) is 1. The van der Waals surface area contributed by atoms with E-state index in [-0.39, 0.29) is 10.6 Å². The number of nitrogens with zero attached hydrogens (tertiary/aromatic N) is 1. The van der Waals surface area contributed by atoms with E-state index in [9.17, 15) is 17.6 Å². The molecule has 0 saturated carbocycles. The molecule has 0 unspecified atom stereocenters. The van der Waals surface area contributed by atoms with E-state index in [1.54, 1.807) is 36.4 Å². The SMILES string of the molecule is CCOc1ccc(N(CC(=O)Nc2ccc3c(c2)oc2ccccc23)S(=O)(=O)c2ccc(F)cc2)cc1. The van der Waals surface area contributed by atoms with Crippen molar-refractivity contribution >= 4 is 49.2 Å². The molecular formula is C28H23FN2O5S. The maximum Gasteiger partial charge on any atom is 0.264 e. The number of carbonyl (C=O) groups excluding carboxylic acids is 1. The van der Waals surface area contributed by atoms with Crippen LogP contribution in [0, 0.1) is 5.82 Å². The lowest BCUT2D eigenvalue weighted by Crippen LogP contribution is -2.38. The van der Waals surface area contributed by atoms with Gasteiger partial charge in [-0.2, -0.15) is 0 Å². The van der Waals surface area contributed by atoms with Crippen LogP contribution in [-0.2, 0) is 14.8 Å². The van der Waals surface area contributed by atoms with E-state index >= 15 is 0 Å². The van der Waals surface area contributed by atoms with E-state index in [1.807, 2.05) is 37.3 Å². The predicted molar refractivity (Wildman–Crippen MR) is 141 cm³/mol. The molecule has 5 aromatic rings. The molecule has 188 valence electrons. The van der Waals surface area contributed by atoms with Crippen LogP contribution >= 0.6 is 0 Å². The molecule has 0 atom stereocenters. The molecule has 5 rings (SSSR count). The number of carbonyl (C=O) groups is 1. The van der Waals surface area contributed by atoms with Gasteiger partial charge in [0.05, 0.1) is 17.2 Å². The summed E-state index contributed by atoms with van der Waals surface area (Å²) < 4.78 is 52.7. The van der Waals surface area contributed by atoms with Gasteiger partial charge >= 0.3 is 0 Å². The fourth-order valence-electron chi connectivity index (χ4n) is 4.06. The minimum Gasteiger partial charge on any atom is -0.494 e. The molecule has 4 aromatic carbocycles. The second kappa shape index (κ2) is 9.94. The van der Waals surface area contributed by atoms with Crippen molar-refractivity contribution < 1.29 is 26.8 Å². The molecule has 1 N–H and O–H groups in total. The van der Waals surface area contributed by atoms with Gasteiger partial charge in [0.15, 0.2) is 0 Å². The third kappa shape index (κ3) is 4.99. The molecule has 1 amide bonds. The monoisotopic (exact) mass is 518 g/mol. The number of hydrogen-bond acceptors (Lipinski definition) is 5. The van der Waals surface area contributed by atoms with E-state index in [1.165, 1.54) is 12.1 Å². The van der Waals surface area contributed by atoms with Crippen LogP contribution in [0.2, 0.25) is 0 Å². The van der Waals surface area contributed by atoms with Gasteiger partial charge in [-0.05, 0) is 73.7 Å². The summed E-state index contributed by atoms with van der Waals surface area (Å²) in [4.78, 5) is 12.9. The van der Waals surface area contributed by atoms with Gasteiger partial charge in [-0.15, -0.1) is 0 Å². The van der Waals surface area contributed by atoms with Crippen molar-refractivity contribution in [2.45, 2.75) is 11.8 Å². The van der Waals surface area contributed by atoms with E-state index in [0.29, 0.717) is 23.6 Å². The Bertz CT molecular complexity index is 1680. The Morgan fingerprint density at radius 3 is 2.35 bits per heavy atom. The molecule has 1 aromatic heterocycles. The van der Waals surface area contributed by atoms with Crippen LogP contribution in [-0.4, -0.2) is 27.5 Å². The molecule has 0 aliphatic heterocycles. The number of furan rings is 1. The standard InChI is InChI=1S/C28H23FN2O5S/c1-2-35-22-12-10-21(11-13-22)31(37(33,34)23-14-7-19(29)8-15-23)18-28(32)30-20-9-16-25-24-5-3-4-6-26(24)36-27(25)17-20/h3-17H,2,18H2,1H3,(H,30,32). The minimum atomic E-state index is -4.19. The summed E-state index contributed by atoms with van der Waals surface area (Å²) in [7, 11) is -4.19. The molecule has 9 heteroatoms. The lowest BCUT2D eigenvalue weighted by molar-refractivity contribution is -0.114. The van der Waals surface area contributed by atoms with Crippen molar-refractivity contribution in [3.8, 4) is 5.75 Å². The Kier molecular flexibility index (Phi) is 6.54. The Morgan fingerprint density at radius 2 is 1.62 bits per heavy atom. The number of anilines is 2. The van der Waals surface area contributed by atoms with Crippen molar-refractivity contribution in [3.05, 3.63) is 96.8 Å². The first kappa shape index (κ1) is 24.3. The predicted octanol–water partition coefficient (Wildman–Crippen LogP) is 5.96. The lowest BCUT2D eigenvalue weighted by atomic mass is 10.1. The number of sulfonamides is 1.